The molecule has 2 amide bonds. The van der Waals surface area contributed by atoms with Crippen LogP contribution in [0.15, 0.2) is 84.6 Å². The fourth-order valence-electron chi connectivity index (χ4n) is 4.91. The fraction of sp³-hybridized carbons (Fsp3) is 0.333. The number of alkyl carbamates (subject to hydrolysis) is 1. The molecule has 4 N–H and O–H groups in total. The van der Waals surface area contributed by atoms with E-state index in [4.69, 9.17) is 15.2 Å². The number of carbonyl (C=O) groups excluding carboxylic acids is 3. The monoisotopic (exact) mass is 579 g/mol. The molecule has 216 valence electrons. The maximum absolute atomic E-state index is 14.5. The number of ether oxygens (including phenoxy) is 2. The van der Waals surface area contributed by atoms with Gasteiger partial charge in [0.25, 0.3) is 0 Å². The van der Waals surface area contributed by atoms with E-state index in [1.165, 1.54) is 6.08 Å². The first kappa shape index (κ1) is 29.9. The first-order chi connectivity index (χ1) is 19.3. The summed E-state index contributed by atoms with van der Waals surface area (Å²) in [6.07, 6.45) is -0.486. The van der Waals surface area contributed by atoms with Gasteiger partial charge in [-0.05, 0) is 38.8 Å². The number of nitrogens with one attached hydrogen (secondary N) is 1. The molecule has 1 saturated heterocycles. The van der Waals surface area contributed by atoms with Crippen LogP contribution in [-0.2, 0) is 23.9 Å². The number of fused-ring (bicyclic) bond motifs is 1. The van der Waals surface area contributed by atoms with Crippen LogP contribution in [0.5, 0.6) is 0 Å². The van der Waals surface area contributed by atoms with E-state index in [0.29, 0.717) is 11.1 Å². The van der Waals surface area contributed by atoms with Crippen molar-refractivity contribution in [2.45, 2.75) is 61.6 Å². The van der Waals surface area contributed by atoms with E-state index in [1.807, 2.05) is 60.7 Å². The van der Waals surface area contributed by atoms with Gasteiger partial charge in [0.1, 0.15) is 22.7 Å². The normalized spacial score (nSPS) is 22.8. The number of rotatable bonds is 8. The number of carboxylic acids is 1. The van der Waals surface area contributed by atoms with Gasteiger partial charge in [0.2, 0.25) is 5.91 Å². The van der Waals surface area contributed by atoms with E-state index in [9.17, 15) is 24.3 Å². The predicted molar refractivity (Wildman–Crippen MR) is 153 cm³/mol. The zero-order valence-electron chi connectivity index (χ0n) is 23.2. The number of nitrogens with two attached hydrogens (primary N) is 1. The number of hydrogen-bond donors (Lipinski definition) is 3. The Morgan fingerprint density at radius 2 is 1.63 bits per heavy atom. The quantitative estimate of drug-likeness (QED) is 0.314. The van der Waals surface area contributed by atoms with Crippen molar-refractivity contribution in [3.05, 3.63) is 95.7 Å². The number of carboxylic acid groups (broad SMARTS) is 1. The number of nitrogens with zero attached hydrogens (tertiary/aromatic N) is 1. The lowest BCUT2D eigenvalue weighted by Gasteiger charge is -2.54. The van der Waals surface area contributed by atoms with Crippen molar-refractivity contribution in [3.63, 3.8) is 0 Å². The van der Waals surface area contributed by atoms with Crippen LogP contribution < -0.4 is 11.1 Å². The second-order valence-corrected chi connectivity index (χ2v) is 12.1. The molecule has 0 spiro atoms. The number of allylic oxidation sites excluding steroid dienone is 1. The van der Waals surface area contributed by atoms with E-state index in [1.54, 1.807) is 27.7 Å². The van der Waals surface area contributed by atoms with Crippen molar-refractivity contribution in [1.29, 1.82) is 0 Å². The van der Waals surface area contributed by atoms with Crippen LogP contribution in [0, 0.1) is 0 Å². The van der Waals surface area contributed by atoms with Gasteiger partial charge >= 0.3 is 18.0 Å². The van der Waals surface area contributed by atoms with Gasteiger partial charge in [-0.25, -0.2) is 9.59 Å². The highest BCUT2D eigenvalue weighted by Crippen LogP contribution is 2.53. The van der Waals surface area contributed by atoms with Crippen LogP contribution in [0.4, 0.5) is 4.79 Å². The summed E-state index contributed by atoms with van der Waals surface area (Å²) >= 11 is 0.946. The van der Waals surface area contributed by atoms with Crippen molar-refractivity contribution in [1.82, 2.24) is 10.2 Å². The van der Waals surface area contributed by atoms with Crippen LogP contribution in [0.25, 0.3) is 0 Å². The molecule has 2 aromatic rings. The molecule has 1 fully saturated rings. The molecule has 0 saturated carbocycles. The molecular weight excluding hydrogens is 546 g/mol. The second-order valence-electron chi connectivity index (χ2n) is 10.7. The summed E-state index contributed by atoms with van der Waals surface area (Å²) < 4.78 is 9.79. The van der Waals surface area contributed by atoms with Gasteiger partial charge in [0.05, 0.1) is 6.04 Å². The smallest absolute Gasteiger partial charge is 0.407 e. The van der Waals surface area contributed by atoms with Crippen LogP contribution in [0.2, 0.25) is 0 Å². The minimum atomic E-state index is -1.87. The van der Waals surface area contributed by atoms with E-state index in [-0.39, 0.29) is 5.57 Å². The molecule has 0 bridgehead atoms. The maximum atomic E-state index is 14.5. The molecule has 0 radical (unpaired) electrons. The van der Waals surface area contributed by atoms with E-state index < -0.39 is 63.5 Å². The summed E-state index contributed by atoms with van der Waals surface area (Å²) in [6.45, 7) is 10.4. The standard InChI is InChI=1S/C30H33N3O7S/c1-6-20-22(26(35)36)33-24(34)21(31)25(33)41-30(20,17(2)32-28(38)40-29(3,4)5)27(37)39-23(18-13-9-7-10-14-18)19-15-11-8-12-16-19/h6-17,21,23,25H,1,31H2,2-5H3,(H,32,38)(H,35,36)/t17?,21?,25-,30?/m1/s1. The minimum absolute atomic E-state index is 0.0973. The molecule has 4 atom stereocenters. The number of esters is 1. The number of β-lactam (4-membered cyclic amide) rings is 1. The van der Waals surface area contributed by atoms with Crippen molar-refractivity contribution in [2.24, 2.45) is 5.73 Å². The topological polar surface area (TPSA) is 148 Å². The lowest BCUT2D eigenvalue weighted by Crippen LogP contribution is -2.73. The first-order valence-electron chi connectivity index (χ1n) is 13.0. The second kappa shape index (κ2) is 11.4. The molecule has 0 aromatic heterocycles. The highest BCUT2D eigenvalue weighted by molar-refractivity contribution is 8.02. The predicted octanol–water partition coefficient (Wildman–Crippen LogP) is 3.74. The summed E-state index contributed by atoms with van der Waals surface area (Å²) in [4.78, 5) is 53.7. The lowest BCUT2D eigenvalue weighted by molar-refractivity contribution is -0.152. The Morgan fingerprint density at radius 1 is 1.10 bits per heavy atom. The van der Waals surface area contributed by atoms with E-state index >= 15 is 0 Å². The minimum Gasteiger partial charge on any atom is -0.477 e. The summed E-state index contributed by atoms with van der Waals surface area (Å²) in [6, 6.07) is 16.0. The van der Waals surface area contributed by atoms with Gasteiger partial charge < -0.3 is 25.6 Å². The number of carbonyl (C=O) groups is 4. The Balaban J connectivity index is 1.87. The number of hydrogen-bond acceptors (Lipinski definition) is 8. The number of aliphatic carboxylic acids is 1. The highest BCUT2D eigenvalue weighted by atomic mass is 32.2. The largest absolute Gasteiger partial charge is 0.477 e. The summed E-state index contributed by atoms with van der Waals surface area (Å²) in [5.41, 5.74) is 6.07. The molecule has 10 nitrogen and oxygen atoms in total. The molecule has 11 heteroatoms. The zero-order valence-corrected chi connectivity index (χ0v) is 24.0. The van der Waals surface area contributed by atoms with Crippen molar-refractivity contribution in [3.8, 4) is 0 Å². The molecule has 3 unspecified atom stereocenters. The zero-order chi connectivity index (χ0) is 30.1. The van der Waals surface area contributed by atoms with Gasteiger partial charge in [-0.2, -0.15) is 0 Å². The van der Waals surface area contributed by atoms with Gasteiger partial charge in [-0.3, -0.25) is 14.5 Å². The van der Waals surface area contributed by atoms with E-state index in [2.05, 4.69) is 11.9 Å². The average molecular weight is 580 g/mol. The third-order valence-corrected chi connectivity index (χ3v) is 8.63. The first-order valence-corrected chi connectivity index (χ1v) is 13.9. The van der Waals surface area contributed by atoms with Crippen molar-refractivity contribution < 1.29 is 33.8 Å². The Bertz CT molecular complexity index is 1350. The van der Waals surface area contributed by atoms with Gasteiger partial charge in [-0.15, -0.1) is 11.8 Å². The van der Waals surface area contributed by atoms with Gasteiger partial charge in [-0.1, -0.05) is 73.3 Å². The molecule has 4 rings (SSSR count). The Morgan fingerprint density at radius 3 is 2.10 bits per heavy atom. The SMILES string of the molecule is C=CC1=C(C(=O)O)N2C(=O)C(N)[C@H]2SC1(C(=O)OC(c1ccccc1)c1ccccc1)C(C)NC(=O)OC(C)(C)C. The number of amides is 2. The summed E-state index contributed by atoms with van der Waals surface area (Å²) in [5.74, 6) is -2.89. The van der Waals surface area contributed by atoms with Crippen LogP contribution in [0.1, 0.15) is 44.9 Å². The molecule has 2 heterocycles. The van der Waals surface area contributed by atoms with Crippen LogP contribution in [-0.4, -0.2) is 61.8 Å². The van der Waals surface area contributed by atoms with Crippen molar-refractivity contribution >= 4 is 35.7 Å². The van der Waals surface area contributed by atoms with Crippen LogP contribution in [0.3, 0.4) is 0 Å². The molecular formula is C30H33N3O7S. The number of thioether (sulfide) groups is 1. The third kappa shape index (κ3) is 5.59. The molecule has 2 aliphatic rings. The van der Waals surface area contributed by atoms with E-state index in [0.717, 1.165) is 16.7 Å². The van der Waals surface area contributed by atoms with Gasteiger partial charge in [0, 0.05) is 5.57 Å². The third-order valence-electron chi connectivity index (χ3n) is 6.77. The lowest BCUT2D eigenvalue weighted by atomic mass is 9.86. The molecule has 41 heavy (non-hydrogen) atoms. The molecule has 2 aliphatic heterocycles. The maximum Gasteiger partial charge on any atom is 0.407 e. The Kier molecular flexibility index (Phi) is 8.32. The van der Waals surface area contributed by atoms with Crippen LogP contribution >= 0.6 is 11.8 Å². The molecule has 2 aromatic carbocycles. The highest BCUT2D eigenvalue weighted by Gasteiger charge is 2.63. The summed E-state index contributed by atoms with van der Waals surface area (Å²) in [5, 5.41) is 12.0. The number of benzene rings is 2. The summed E-state index contributed by atoms with van der Waals surface area (Å²) in [7, 11) is 0. The Hall–Kier alpha value is -4.09. The average Bonchev–Trinajstić information content (AvgIpc) is 2.93. The van der Waals surface area contributed by atoms with Gasteiger partial charge in [0.15, 0.2) is 10.9 Å². The van der Waals surface area contributed by atoms with Crippen molar-refractivity contribution in [2.75, 3.05) is 0 Å². The molecule has 0 aliphatic carbocycles. The fourth-order valence-corrected chi connectivity index (χ4v) is 6.58. The Labute approximate surface area is 242 Å².